The van der Waals surface area contributed by atoms with E-state index in [0.717, 1.165) is 12.8 Å². The number of hydrogen-bond acceptors (Lipinski definition) is 2. The van der Waals surface area contributed by atoms with Gasteiger partial charge in [-0.25, -0.2) is 4.79 Å². The van der Waals surface area contributed by atoms with E-state index in [2.05, 4.69) is 38.1 Å². The standard InChI is InChI=1S/C21H24O2/c1-21(2,15-9-12-18-10-5-3-6-11-18)16-17-23-20(22)19-13-7-4-8-14-19/h3-14H,15-17H2,1-2H3/b12-9+. The molecular weight excluding hydrogens is 284 g/mol. The van der Waals surface area contributed by atoms with Crippen molar-refractivity contribution < 1.29 is 9.53 Å². The first kappa shape index (κ1) is 17.0. The first-order valence-corrected chi connectivity index (χ1v) is 8.01. The second-order valence-electron chi connectivity index (χ2n) is 6.43. The van der Waals surface area contributed by atoms with Crippen LogP contribution in [0.4, 0.5) is 0 Å². The van der Waals surface area contributed by atoms with E-state index in [1.165, 1.54) is 5.56 Å². The molecule has 2 nitrogen and oxygen atoms in total. The second-order valence-corrected chi connectivity index (χ2v) is 6.43. The summed E-state index contributed by atoms with van der Waals surface area (Å²) in [5.74, 6) is -0.249. The number of benzene rings is 2. The molecule has 2 aromatic carbocycles. The Bertz CT molecular complexity index is 627. The number of hydrogen-bond donors (Lipinski definition) is 0. The summed E-state index contributed by atoms with van der Waals surface area (Å²) in [7, 11) is 0. The van der Waals surface area contributed by atoms with Crippen LogP contribution in [0.1, 0.15) is 42.6 Å². The molecule has 2 aromatic rings. The van der Waals surface area contributed by atoms with Crippen molar-refractivity contribution in [2.75, 3.05) is 6.61 Å². The summed E-state index contributed by atoms with van der Waals surface area (Å²) in [6.07, 6.45) is 6.11. The molecule has 0 saturated carbocycles. The molecule has 0 atom stereocenters. The number of carbonyl (C=O) groups is 1. The van der Waals surface area contributed by atoms with E-state index >= 15 is 0 Å². The summed E-state index contributed by atoms with van der Waals surface area (Å²) in [6.45, 7) is 4.83. The molecule has 0 unspecified atom stereocenters. The Morgan fingerprint density at radius 2 is 1.61 bits per heavy atom. The Morgan fingerprint density at radius 3 is 2.26 bits per heavy atom. The highest BCUT2D eigenvalue weighted by molar-refractivity contribution is 5.89. The summed E-state index contributed by atoms with van der Waals surface area (Å²) in [5.41, 5.74) is 1.91. The first-order chi connectivity index (χ1) is 11.1. The Morgan fingerprint density at radius 1 is 1.00 bits per heavy atom. The molecule has 0 saturated heterocycles. The second kappa shape index (κ2) is 8.33. The van der Waals surface area contributed by atoms with Gasteiger partial charge in [0.05, 0.1) is 12.2 Å². The van der Waals surface area contributed by atoms with Crippen molar-refractivity contribution >= 4 is 12.0 Å². The number of rotatable bonds is 7. The van der Waals surface area contributed by atoms with E-state index in [1.54, 1.807) is 12.1 Å². The molecule has 0 N–H and O–H groups in total. The van der Waals surface area contributed by atoms with Gasteiger partial charge in [-0.05, 0) is 36.0 Å². The summed E-state index contributed by atoms with van der Waals surface area (Å²) >= 11 is 0. The van der Waals surface area contributed by atoms with Crippen molar-refractivity contribution in [2.24, 2.45) is 5.41 Å². The van der Waals surface area contributed by atoms with Crippen LogP contribution in [0.3, 0.4) is 0 Å². The van der Waals surface area contributed by atoms with Gasteiger partial charge in [-0.3, -0.25) is 0 Å². The summed E-state index contributed by atoms with van der Waals surface area (Å²) in [4.78, 5) is 11.9. The summed E-state index contributed by atoms with van der Waals surface area (Å²) in [5, 5.41) is 0. The molecule has 23 heavy (non-hydrogen) atoms. The highest BCUT2D eigenvalue weighted by Gasteiger charge is 2.17. The van der Waals surface area contributed by atoms with Crippen molar-refractivity contribution in [1.82, 2.24) is 0 Å². The van der Waals surface area contributed by atoms with Gasteiger partial charge >= 0.3 is 5.97 Å². The van der Waals surface area contributed by atoms with Crippen LogP contribution in [0, 0.1) is 5.41 Å². The number of ether oxygens (including phenoxy) is 1. The van der Waals surface area contributed by atoms with E-state index in [-0.39, 0.29) is 11.4 Å². The number of allylic oxidation sites excluding steroid dienone is 1. The average Bonchev–Trinajstić information content (AvgIpc) is 2.56. The Labute approximate surface area is 138 Å². The van der Waals surface area contributed by atoms with Gasteiger partial charge in [-0.2, -0.15) is 0 Å². The van der Waals surface area contributed by atoms with Gasteiger partial charge in [0.1, 0.15) is 0 Å². The first-order valence-electron chi connectivity index (χ1n) is 8.01. The molecule has 0 aromatic heterocycles. The number of esters is 1. The average molecular weight is 308 g/mol. The lowest BCUT2D eigenvalue weighted by Crippen LogP contribution is -2.16. The van der Waals surface area contributed by atoms with Crippen LogP contribution in [-0.2, 0) is 4.74 Å². The Hall–Kier alpha value is -2.35. The van der Waals surface area contributed by atoms with Gasteiger partial charge in [0, 0.05) is 0 Å². The Balaban J connectivity index is 1.75. The third kappa shape index (κ3) is 6.11. The molecule has 0 radical (unpaired) electrons. The monoisotopic (exact) mass is 308 g/mol. The van der Waals surface area contributed by atoms with Crippen molar-refractivity contribution in [3.63, 3.8) is 0 Å². The SMILES string of the molecule is CC(C)(C/C=C/c1ccccc1)CCOC(=O)c1ccccc1. The van der Waals surface area contributed by atoms with Crippen molar-refractivity contribution in [1.29, 1.82) is 0 Å². The predicted octanol–water partition coefficient (Wildman–Crippen LogP) is 5.36. The predicted molar refractivity (Wildman–Crippen MR) is 95.2 cm³/mol. The van der Waals surface area contributed by atoms with E-state index in [0.29, 0.717) is 12.2 Å². The van der Waals surface area contributed by atoms with Crippen LogP contribution in [0.5, 0.6) is 0 Å². The van der Waals surface area contributed by atoms with E-state index in [4.69, 9.17) is 4.74 Å². The molecule has 0 heterocycles. The molecular formula is C21H24O2. The van der Waals surface area contributed by atoms with Crippen LogP contribution >= 0.6 is 0 Å². The fourth-order valence-corrected chi connectivity index (χ4v) is 2.26. The van der Waals surface area contributed by atoms with Crippen LogP contribution in [0.2, 0.25) is 0 Å². The topological polar surface area (TPSA) is 26.3 Å². The van der Waals surface area contributed by atoms with Gasteiger partial charge in [0.15, 0.2) is 0 Å². The van der Waals surface area contributed by atoms with Crippen molar-refractivity contribution in [2.45, 2.75) is 26.7 Å². The lowest BCUT2D eigenvalue weighted by molar-refractivity contribution is 0.0459. The summed E-state index contributed by atoms with van der Waals surface area (Å²) < 4.78 is 5.37. The normalized spacial score (nSPS) is 11.6. The molecule has 0 aliphatic heterocycles. The summed E-state index contributed by atoms with van der Waals surface area (Å²) in [6, 6.07) is 19.4. The molecule has 0 amide bonds. The van der Waals surface area contributed by atoms with Gasteiger partial charge in [0.2, 0.25) is 0 Å². The minimum absolute atomic E-state index is 0.0995. The van der Waals surface area contributed by atoms with Gasteiger partial charge in [-0.15, -0.1) is 0 Å². The molecule has 0 bridgehead atoms. The zero-order chi connectivity index (χ0) is 16.5. The largest absolute Gasteiger partial charge is 0.462 e. The molecule has 120 valence electrons. The maximum absolute atomic E-state index is 11.9. The third-order valence-electron chi connectivity index (χ3n) is 3.80. The zero-order valence-electron chi connectivity index (χ0n) is 13.9. The molecule has 0 spiro atoms. The quantitative estimate of drug-likeness (QED) is 0.643. The number of carbonyl (C=O) groups excluding carboxylic acids is 1. The maximum Gasteiger partial charge on any atom is 0.338 e. The third-order valence-corrected chi connectivity index (χ3v) is 3.80. The zero-order valence-corrected chi connectivity index (χ0v) is 13.9. The lowest BCUT2D eigenvalue weighted by atomic mass is 9.86. The molecule has 0 aliphatic carbocycles. The van der Waals surface area contributed by atoms with Gasteiger partial charge < -0.3 is 4.74 Å². The van der Waals surface area contributed by atoms with Gasteiger partial charge in [0.25, 0.3) is 0 Å². The molecule has 0 aliphatic rings. The highest BCUT2D eigenvalue weighted by atomic mass is 16.5. The van der Waals surface area contributed by atoms with Gasteiger partial charge in [-0.1, -0.05) is 74.5 Å². The van der Waals surface area contributed by atoms with Crippen molar-refractivity contribution in [3.05, 3.63) is 77.9 Å². The highest BCUT2D eigenvalue weighted by Crippen LogP contribution is 2.26. The van der Waals surface area contributed by atoms with E-state index in [1.807, 2.05) is 36.4 Å². The van der Waals surface area contributed by atoms with Crippen LogP contribution in [0.25, 0.3) is 6.08 Å². The minimum atomic E-state index is -0.249. The van der Waals surface area contributed by atoms with Crippen LogP contribution in [0.15, 0.2) is 66.7 Å². The molecule has 2 rings (SSSR count). The Kier molecular flexibility index (Phi) is 6.16. The molecule has 0 fully saturated rings. The van der Waals surface area contributed by atoms with Crippen molar-refractivity contribution in [3.8, 4) is 0 Å². The van der Waals surface area contributed by atoms with Crippen LogP contribution < -0.4 is 0 Å². The maximum atomic E-state index is 11.9. The minimum Gasteiger partial charge on any atom is -0.462 e. The lowest BCUT2D eigenvalue weighted by Gasteiger charge is -2.22. The van der Waals surface area contributed by atoms with Crippen LogP contribution in [-0.4, -0.2) is 12.6 Å². The fraction of sp³-hybridized carbons (Fsp3) is 0.286. The fourth-order valence-electron chi connectivity index (χ4n) is 2.26. The molecule has 2 heteroatoms. The van der Waals surface area contributed by atoms with E-state index < -0.39 is 0 Å². The smallest absolute Gasteiger partial charge is 0.338 e. The van der Waals surface area contributed by atoms with E-state index in [9.17, 15) is 4.79 Å².